The molecule has 1 atom stereocenters. The monoisotopic (exact) mass is 275 g/mol. The molecule has 4 heteroatoms. The molecule has 0 aliphatic rings. The summed E-state index contributed by atoms with van der Waals surface area (Å²) in [5.74, 6) is 5.67. The van der Waals surface area contributed by atoms with Gasteiger partial charge in [0, 0.05) is 6.20 Å². The lowest BCUT2D eigenvalue weighted by Gasteiger charge is -2.18. The second-order valence-corrected chi connectivity index (χ2v) is 5.13. The van der Waals surface area contributed by atoms with Crippen molar-refractivity contribution in [2.75, 3.05) is 0 Å². The molecule has 1 heterocycles. The van der Waals surface area contributed by atoms with E-state index in [-0.39, 0.29) is 6.04 Å². The highest BCUT2D eigenvalue weighted by Crippen LogP contribution is 2.22. The van der Waals surface area contributed by atoms with Crippen molar-refractivity contribution >= 4 is 11.6 Å². The number of hydrogen-bond acceptors (Lipinski definition) is 3. The SMILES string of the molecule is Cc1cccc(C)c1CC(NN)c1ccc(Cl)cn1. The third-order valence-electron chi connectivity index (χ3n) is 3.36. The molecule has 0 spiro atoms. The fourth-order valence-electron chi connectivity index (χ4n) is 2.22. The van der Waals surface area contributed by atoms with Crippen molar-refractivity contribution in [3.05, 3.63) is 63.9 Å². The Hall–Kier alpha value is -1.42. The summed E-state index contributed by atoms with van der Waals surface area (Å²) in [6.07, 6.45) is 2.45. The zero-order valence-electron chi connectivity index (χ0n) is 11.2. The smallest absolute Gasteiger partial charge is 0.0672 e. The fourth-order valence-corrected chi connectivity index (χ4v) is 2.33. The van der Waals surface area contributed by atoms with Crippen molar-refractivity contribution in [3.63, 3.8) is 0 Å². The Morgan fingerprint density at radius 2 is 1.89 bits per heavy atom. The van der Waals surface area contributed by atoms with Crippen LogP contribution < -0.4 is 11.3 Å². The number of nitrogens with one attached hydrogen (secondary N) is 1. The van der Waals surface area contributed by atoms with Gasteiger partial charge in [0.2, 0.25) is 0 Å². The van der Waals surface area contributed by atoms with Crippen molar-refractivity contribution < 1.29 is 0 Å². The maximum absolute atomic E-state index is 5.86. The van der Waals surface area contributed by atoms with E-state index in [1.807, 2.05) is 12.1 Å². The molecule has 3 nitrogen and oxygen atoms in total. The number of aryl methyl sites for hydroxylation is 2. The minimum Gasteiger partial charge on any atom is -0.271 e. The summed E-state index contributed by atoms with van der Waals surface area (Å²) in [6, 6.07) is 10.0. The lowest BCUT2D eigenvalue weighted by atomic mass is 9.95. The van der Waals surface area contributed by atoms with Crippen LogP contribution >= 0.6 is 11.6 Å². The number of aromatic nitrogens is 1. The Balaban J connectivity index is 2.26. The average molecular weight is 276 g/mol. The minimum absolute atomic E-state index is 0.0166. The first-order chi connectivity index (χ1) is 9.11. The molecule has 0 amide bonds. The van der Waals surface area contributed by atoms with Crippen LogP contribution in [0.2, 0.25) is 5.02 Å². The Labute approximate surface area is 118 Å². The first-order valence-electron chi connectivity index (χ1n) is 6.24. The molecule has 2 aromatic rings. The molecule has 2 rings (SSSR count). The van der Waals surface area contributed by atoms with Crippen LogP contribution in [0.1, 0.15) is 28.4 Å². The summed E-state index contributed by atoms with van der Waals surface area (Å²) in [7, 11) is 0. The molecule has 0 saturated heterocycles. The Bertz CT molecular complexity index is 532. The molecule has 19 heavy (non-hydrogen) atoms. The zero-order valence-corrected chi connectivity index (χ0v) is 11.9. The fraction of sp³-hybridized carbons (Fsp3) is 0.267. The van der Waals surface area contributed by atoms with Gasteiger partial charge in [0.1, 0.15) is 0 Å². The van der Waals surface area contributed by atoms with Gasteiger partial charge < -0.3 is 0 Å². The average Bonchev–Trinajstić information content (AvgIpc) is 2.40. The van der Waals surface area contributed by atoms with Crippen LogP contribution in [0.15, 0.2) is 36.5 Å². The van der Waals surface area contributed by atoms with Gasteiger partial charge in [-0.05, 0) is 49.1 Å². The van der Waals surface area contributed by atoms with Crippen LogP contribution in [0.5, 0.6) is 0 Å². The van der Waals surface area contributed by atoms with Crippen LogP contribution in [0.25, 0.3) is 0 Å². The molecule has 1 aromatic carbocycles. The van der Waals surface area contributed by atoms with Gasteiger partial charge in [-0.1, -0.05) is 29.8 Å². The molecule has 1 unspecified atom stereocenters. The van der Waals surface area contributed by atoms with Crippen LogP contribution in [0, 0.1) is 13.8 Å². The predicted molar refractivity (Wildman–Crippen MR) is 78.9 cm³/mol. The summed E-state index contributed by atoms with van der Waals surface area (Å²) >= 11 is 5.86. The third kappa shape index (κ3) is 3.32. The molecule has 100 valence electrons. The first-order valence-corrected chi connectivity index (χ1v) is 6.62. The van der Waals surface area contributed by atoms with Gasteiger partial charge in [-0.25, -0.2) is 0 Å². The number of rotatable bonds is 4. The number of nitrogens with two attached hydrogens (primary N) is 1. The van der Waals surface area contributed by atoms with Crippen LogP contribution in [-0.4, -0.2) is 4.98 Å². The van der Waals surface area contributed by atoms with E-state index in [4.69, 9.17) is 17.4 Å². The summed E-state index contributed by atoms with van der Waals surface area (Å²) in [5.41, 5.74) is 7.59. The topological polar surface area (TPSA) is 50.9 Å². The molecule has 3 N–H and O–H groups in total. The summed E-state index contributed by atoms with van der Waals surface area (Å²) in [6.45, 7) is 4.23. The highest BCUT2D eigenvalue weighted by molar-refractivity contribution is 6.30. The van der Waals surface area contributed by atoms with E-state index in [9.17, 15) is 0 Å². The van der Waals surface area contributed by atoms with E-state index in [0.717, 1.165) is 12.1 Å². The molecule has 0 fully saturated rings. The second-order valence-electron chi connectivity index (χ2n) is 4.70. The van der Waals surface area contributed by atoms with Crippen molar-refractivity contribution in [2.24, 2.45) is 5.84 Å². The predicted octanol–water partition coefficient (Wildman–Crippen LogP) is 3.10. The molecule has 0 saturated carbocycles. The highest BCUT2D eigenvalue weighted by Gasteiger charge is 2.14. The highest BCUT2D eigenvalue weighted by atomic mass is 35.5. The summed E-state index contributed by atoms with van der Waals surface area (Å²) in [5, 5.41) is 0.631. The maximum atomic E-state index is 5.86. The summed E-state index contributed by atoms with van der Waals surface area (Å²) in [4.78, 5) is 4.33. The molecular weight excluding hydrogens is 258 g/mol. The van der Waals surface area contributed by atoms with E-state index in [0.29, 0.717) is 5.02 Å². The van der Waals surface area contributed by atoms with Crippen molar-refractivity contribution in [1.29, 1.82) is 0 Å². The van der Waals surface area contributed by atoms with Gasteiger partial charge in [0.25, 0.3) is 0 Å². The normalized spacial score (nSPS) is 12.4. The number of hydrogen-bond donors (Lipinski definition) is 2. The Kier molecular flexibility index (Phi) is 4.53. The molecule has 0 aliphatic heterocycles. The maximum Gasteiger partial charge on any atom is 0.0672 e. The lowest BCUT2D eigenvalue weighted by Crippen LogP contribution is -2.30. The van der Waals surface area contributed by atoms with E-state index in [1.165, 1.54) is 16.7 Å². The molecule has 0 aliphatic carbocycles. The molecule has 1 aromatic heterocycles. The molecule has 0 radical (unpaired) electrons. The van der Waals surface area contributed by atoms with E-state index in [1.54, 1.807) is 6.20 Å². The number of nitrogens with zero attached hydrogens (tertiary/aromatic N) is 1. The molecule has 0 bridgehead atoms. The minimum atomic E-state index is -0.0166. The molecular formula is C15H18ClN3. The quantitative estimate of drug-likeness (QED) is 0.666. The van der Waals surface area contributed by atoms with Gasteiger partial charge in [-0.15, -0.1) is 0 Å². The van der Waals surface area contributed by atoms with E-state index in [2.05, 4.69) is 42.5 Å². The van der Waals surface area contributed by atoms with Gasteiger partial charge >= 0.3 is 0 Å². The standard InChI is InChI=1S/C15H18ClN3/c1-10-4-3-5-11(2)13(10)8-15(19-17)14-7-6-12(16)9-18-14/h3-7,9,15,19H,8,17H2,1-2H3. The van der Waals surface area contributed by atoms with E-state index >= 15 is 0 Å². The number of pyridine rings is 1. The third-order valence-corrected chi connectivity index (χ3v) is 3.58. The lowest BCUT2D eigenvalue weighted by molar-refractivity contribution is 0.536. The van der Waals surface area contributed by atoms with Gasteiger partial charge in [0.15, 0.2) is 0 Å². The van der Waals surface area contributed by atoms with Gasteiger partial charge in [-0.2, -0.15) is 0 Å². The Morgan fingerprint density at radius 1 is 1.21 bits per heavy atom. The number of hydrazine groups is 1. The van der Waals surface area contributed by atoms with Crippen molar-refractivity contribution in [2.45, 2.75) is 26.3 Å². The Morgan fingerprint density at radius 3 is 2.42 bits per heavy atom. The van der Waals surface area contributed by atoms with Crippen LogP contribution in [-0.2, 0) is 6.42 Å². The van der Waals surface area contributed by atoms with E-state index < -0.39 is 0 Å². The van der Waals surface area contributed by atoms with Crippen molar-refractivity contribution in [1.82, 2.24) is 10.4 Å². The second kappa shape index (κ2) is 6.15. The zero-order chi connectivity index (χ0) is 13.8. The van der Waals surface area contributed by atoms with Crippen LogP contribution in [0.3, 0.4) is 0 Å². The largest absolute Gasteiger partial charge is 0.271 e. The van der Waals surface area contributed by atoms with Crippen LogP contribution in [0.4, 0.5) is 0 Å². The van der Waals surface area contributed by atoms with Gasteiger partial charge in [0.05, 0.1) is 16.8 Å². The first kappa shape index (κ1) is 14.0. The van der Waals surface area contributed by atoms with Crippen molar-refractivity contribution in [3.8, 4) is 0 Å². The van der Waals surface area contributed by atoms with Gasteiger partial charge in [-0.3, -0.25) is 16.3 Å². The number of benzene rings is 1. The summed E-state index contributed by atoms with van der Waals surface area (Å²) < 4.78 is 0. The number of halogens is 1.